The van der Waals surface area contributed by atoms with E-state index >= 15 is 0 Å². The van der Waals surface area contributed by atoms with Crippen LogP contribution in [-0.4, -0.2) is 23.1 Å². The Kier molecular flexibility index (Phi) is 5.65. The highest BCUT2D eigenvalue weighted by Crippen LogP contribution is 2.67. The van der Waals surface area contributed by atoms with Crippen LogP contribution in [0.15, 0.2) is 23.8 Å². The molecule has 1 N–H and O–H groups in total. The number of allylic oxidation sites excluding steroid dienone is 2. The van der Waals surface area contributed by atoms with Crippen molar-refractivity contribution in [1.29, 1.82) is 0 Å². The Balaban J connectivity index is 1.53. The van der Waals surface area contributed by atoms with Crippen molar-refractivity contribution in [2.24, 2.45) is 40.4 Å². The van der Waals surface area contributed by atoms with E-state index < -0.39 is 5.97 Å². The Morgan fingerprint density at radius 2 is 1.93 bits per heavy atom. The average Bonchev–Trinajstić information content (AvgIpc) is 3.03. The summed E-state index contributed by atoms with van der Waals surface area (Å²) in [7, 11) is 0. The van der Waals surface area contributed by atoms with Gasteiger partial charge in [-0.2, -0.15) is 0 Å². The maximum absolute atomic E-state index is 11.4. The summed E-state index contributed by atoms with van der Waals surface area (Å²) in [5.41, 5.74) is 2.12. The highest BCUT2D eigenvalue weighted by Gasteiger charge is 2.59. The third-order valence-corrected chi connectivity index (χ3v) is 9.64. The molecule has 0 spiro atoms. The van der Waals surface area contributed by atoms with Gasteiger partial charge >= 0.3 is 11.9 Å². The predicted molar refractivity (Wildman–Crippen MR) is 117 cm³/mol. The van der Waals surface area contributed by atoms with Gasteiger partial charge in [0.1, 0.15) is 6.10 Å². The zero-order valence-corrected chi connectivity index (χ0v) is 19.0. The van der Waals surface area contributed by atoms with Crippen LogP contribution in [0.3, 0.4) is 0 Å². The number of aliphatic carboxylic acids is 1. The molecule has 3 fully saturated rings. The van der Waals surface area contributed by atoms with Crippen molar-refractivity contribution in [3.8, 4) is 0 Å². The quantitative estimate of drug-likeness (QED) is 0.360. The van der Waals surface area contributed by atoms with E-state index in [-0.39, 0.29) is 17.5 Å². The van der Waals surface area contributed by atoms with Crippen LogP contribution < -0.4 is 0 Å². The number of carboxylic acid groups (broad SMARTS) is 1. The second-order valence-corrected chi connectivity index (χ2v) is 11.0. The number of ether oxygens (including phenoxy) is 1. The lowest BCUT2D eigenvalue weighted by Gasteiger charge is -2.58. The zero-order valence-electron chi connectivity index (χ0n) is 19.0. The van der Waals surface area contributed by atoms with Gasteiger partial charge in [-0.05, 0) is 85.4 Å². The SMILES string of the molecule is CC(=O)O[C@H]1CC[C@@]2(C)C(=CC[C@H]3[C@@H]4CC[C@H](C(C)/C=C/C(=O)O)[C@@]4(C)CC[C@@H]32)C1. The molecule has 0 aromatic rings. The van der Waals surface area contributed by atoms with Gasteiger partial charge in [-0.1, -0.05) is 38.5 Å². The van der Waals surface area contributed by atoms with Crippen molar-refractivity contribution >= 4 is 11.9 Å². The summed E-state index contributed by atoms with van der Waals surface area (Å²) < 4.78 is 5.56. The molecule has 4 heteroatoms. The third kappa shape index (κ3) is 3.54. The topological polar surface area (TPSA) is 63.6 Å². The average molecular weight is 415 g/mol. The lowest BCUT2D eigenvalue weighted by Crippen LogP contribution is -2.51. The Labute approximate surface area is 181 Å². The van der Waals surface area contributed by atoms with E-state index in [0.29, 0.717) is 17.3 Å². The Morgan fingerprint density at radius 1 is 1.17 bits per heavy atom. The largest absolute Gasteiger partial charge is 0.478 e. The monoisotopic (exact) mass is 414 g/mol. The van der Waals surface area contributed by atoms with E-state index in [0.717, 1.165) is 43.4 Å². The fourth-order valence-corrected chi connectivity index (χ4v) is 8.24. The Hall–Kier alpha value is -1.58. The van der Waals surface area contributed by atoms with Gasteiger partial charge in [0.05, 0.1) is 0 Å². The molecule has 30 heavy (non-hydrogen) atoms. The van der Waals surface area contributed by atoms with E-state index in [1.54, 1.807) is 0 Å². The molecule has 4 aliphatic carbocycles. The van der Waals surface area contributed by atoms with Crippen molar-refractivity contribution in [1.82, 2.24) is 0 Å². The van der Waals surface area contributed by atoms with E-state index in [1.807, 2.05) is 6.08 Å². The van der Waals surface area contributed by atoms with Crippen LogP contribution in [0.1, 0.15) is 79.1 Å². The summed E-state index contributed by atoms with van der Waals surface area (Å²) in [6, 6.07) is 0. The number of hydrogen-bond acceptors (Lipinski definition) is 3. The maximum atomic E-state index is 11.4. The van der Waals surface area contributed by atoms with Gasteiger partial charge in [-0.15, -0.1) is 0 Å². The van der Waals surface area contributed by atoms with Gasteiger partial charge in [0.2, 0.25) is 0 Å². The minimum Gasteiger partial charge on any atom is -0.478 e. The van der Waals surface area contributed by atoms with Gasteiger partial charge < -0.3 is 9.84 Å². The fraction of sp³-hybridized carbons (Fsp3) is 0.769. The van der Waals surface area contributed by atoms with Gasteiger partial charge in [-0.25, -0.2) is 4.79 Å². The van der Waals surface area contributed by atoms with Crippen LogP contribution in [-0.2, 0) is 14.3 Å². The van der Waals surface area contributed by atoms with E-state index in [1.165, 1.54) is 44.3 Å². The van der Waals surface area contributed by atoms with Crippen LogP contribution in [0.25, 0.3) is 0 Å². The first-order valence-electron chi connectivity index (χ1n) is 11.9. The molecule has 0 heterocycles. The van der Waals surface area contributed by atoms with E-state index in [2.05, 4.69) is 26.8 Å². The number of fused-ring (bicyclic) bond motifs is 5. The van der Waals surface area contributed by atoms with Gasteiger partial charge in [-0.3, -0.25) is 4.79 Å². The lowest BCUT2D eigenvalue weighted by atomic mass is 9.47. The molecule has 0 aliphatic heterocycles. The molecular formula is C26H38O4. The van der Waals surface area contributed by atoms with Crippen LogP contribution in [0.4, 0.5) is 0 Å². The number of rotatable bonds is 4. The molecule has 3 saturated carbocycles. The minimum absolute atomic E-state index is 0.0602. The number of esters is 1. The summed E-state index contributed by atoms with van der Waals surface area (Å²) in [4.78, 5) is 22.4. The highest BCUT2D eigenvalue weighted by molar-refractivity contribution is 5.79. The molecule has 0 saturated heterocycles. The maximum Gasteiger partial charge on any atom is 0.327 e. The molecule has 166 valence electrons. The summed E-state index contributed by atoms with van der Waals surface area (Å²) in [6.07, 6.45) is 15.0. The molecule has 0 aromatic carbocycles. The Morgan fingerprint density at radius 3 is 2.63 bits per heavy atom. The molecule has 0 bridgehead atoms. The summed E-state index contributed by atoms with van der Waals surface area (Å²) in [5, 5.41) is 9.04. The first-order valence-corrected chi connectivity index (χ1v) is 11.9. The molecule has 4 rings (SSSR count). The molecule has 4 nitrogen and oxygen atoms in total. The highest BCUT2D eigenvalue weighted by atomic mass is 16.5. The molecule has 8 atom stereocenters. The summed E-state index contributed by atoms with van der Waals surface area (Å²) >= 11 is 0. The van der Waals surface area contributed by atoms with Gasteiger partial charge in [0, 0.05) is 19.4 Å². The van der Waals surface area contributed by atoms with Crippen molar-refractivity contribution < 1.29 is 19.4 Å². The van der Waals surface area contributed by atoms with Crippen LogP contribution in [0, 0.1) is 40.4 Å². The molecule has 0 radical (unpaired) electrons. The van der Waals surface area contributed by atoms with Crippen molar-refractivity contribution in [3.63, 3.8) is 0 Å². The van der Waals surface area contributed by atoms with Crippen LogP contribution in [0.5, 0.6) is 0 Å². The van der Waals surface area contributed by atoms with Crippen molar-refractivity contribution in [3.05, 3.63) is 23.8 Å². The Bertz CT molecular complexity index is 767. The second kappa shape index (κ2) is 7.84. The van der Waals surface area contributed by atoms with Crippen LogP contribution >= 0.6 is 0 Å². The standard InChI is InChI=1S/C26H38O4/c1-16(5-10-24(28)29)21-8-9-22-20-7-6-18-15-19(30-17(2)27)11-13-25(18,3)23(20)12-14-26(21,22)4/h5-6,10,16,19-23H,7-9,11-15H2,1-4H3,(H,28,29)/b10-5+/t16?,19-,20-,21+,22-,23-,25-,26+/m0/s1. The zero-order chi connectivity index (χ0) is 21.7. The van der Waals surface area contributed by atoms with E-state index in [9.17, 15) is 9.59 Å². The first kappa shape index (κ1) is 21.6. The smallest absolute Gasteiger partial charge is 0.327 e. The molecule has 4 aliphatic rings. The molecule has 0 aromatic heterocycles. The first-order chi connectivity index (χ1) is 14.1. The number of carbonyl (C=O) groups is 2. The predicted octanol–water partition coefficient (Wildman–Crippen LogP) is 5.77. The number of hydrogen-bond donors (Lipinski definition) is 1. The molecule has 0 amide bonds. The van der Waals surface area contributed by atoms with Gasteiger partial charge in [0.25, 0.3) is 0 Å². The van der Waals surface area contributed by atoms with E-state index in [4.69, 9.17) is 9.84 Å². The fourth-order valence-electron chi connectivity index (χ4n) is 8.24. The summed E-state index contributed by atoms with van der Waals surface area (Å²) in [5.74, 6) is 2.11. The van der Waals surface area contributed by atoms with Crippen molar-refractivity contribution in [2.45, 2.75) is 85.2 Å². The van der Waals surface area contributed by atoms with Crippen LogP contribution in [0.2, 0.25) is 0 Å². The van der Waals surface area contributed by atoms with Crippen molar-refractivity contribution in [2.75, 3.05) is 0 Å². The number of carbonyl (C=O) groups excluding carboxylic acids is 1. The molecule has 1 unspecified atom stereocenters. The summed E-state index contributed by atoms with van der Waals surface area (Å²) in [6.45, 7) is 8.70. The normalized spacial score (nSPS) is 43.9. The number of carboxylic acids is 1. The third-order valence-electron chi connectivity index (χ3n) is 9.64. The van der Waals surface area contributed by atoms with Gasteiger partial charge in [0.15, 0.2) is 0 Å². The second-order valence-electron chi connectivity index (χ2n) is 11.0. The minimum atomic E-state index is -0.840. The molecular weight excluding hydrogens is 376 g/mol. The lowest BCUT2D eigenvalue weighted by molar-refractivity contribution is -0.148.